The maximum absolute atomic E-state index is 12.4. The highest BCUT2D eigenvalue weighted by atomic mass is 16.1. The van der Waals surface area contributed by atoms with E-state index in [0.29, 0.717) is 18.2 Å². The highest BCUT2D eigenvalue weighted by molar-refractivity contribution is 5.86. The topological polar surface area (TPSA) is 20.3 Å². The summed E-state index contributed by atoms with van der Waals surface area (Å²) in [6.07, 6.45) is 2.88. The Hall–Kier alpha value is -2.09. The van der Waals surface area contributed by atoms with E-state index in [9.17, 15) is 4.79 Å². The third-order valence-corrected chi connectivity index (χ3v) is 5.21. The Morgan fingerprint density at radius 1 is 0.955 bits per heavy atom. The molecular formula is C20H21NO. The van der Waals surface area contributed by atoms with E-state index in [1.54, 1.807) is 0 Å². The molecule has 0 spiro atoms. The van der Waals surface area contributed by atoms with Crippen molar-refractivity contribution in [3.8, 4) is 0 Å². The van der Waals surface area contributed by atoms with E-state index in [2.05, 4.69) is 60.4 Å². The molecule has 5 rings (SSSR count). The quantitative estimate of drug-likeness (QED) is 0.822. The van der Waals surface area contributed by atoms with E-state index in [1.165, 1.54) is 16.8 Å². The summed E-state index contributed by atoms with van der Waals surface area (Å²) in [6.45, 7) is 2.12. The summed E-state index contributed by atoms with van der Waals surface area (Å²) in [6, 6.07) is 19.8. The van der Waals surface area contributed by atoms with Crippen molar-refractivity contribution in [2.45, 2.75) is 38.3 Å². The van der Waals surface area contributed by atoms with Crippen molar-refractivity contribution in [3.05, 3.63) is 65.7 Å². The SMILES string of the molecule is Cc1ccc(N2[C@@H]3CC[C@@H](C(=O)C3)[C@H]2c2ccccc2)cc1. The van der Waals surface area contributed by atoms with Crippen molar-refractivity contribution >= 4 is 11.5 Å². The van der Waals surface area contributed by atoms with Crippen molar-refractivity contribution in [3.63, 3.8) is 0 Å². The number of ketones is 1. The molecule has 2 aromatic carbocycles. The van der Waals surface area contributed by atoms with Crippen LogP contribution in [0.4, 0.5) is 5.69 Å². The van der Waals surface area contributed by atoms with Crippen LogP contribution in [0.15, 0.2) is 54.6 Å². The van der Waals surface area contributed by atoms with Crippen LogP contribution in [0.25, 0.3) is 0 Å². The van der Waals surface area contributed by atoms with Gasteiger partial charge in [0.05, 0.1) is 6.04 Å². The number of hydrogen-bond donors (Lipinski definition) is 0. The van der Waals surface area contributed by atoms with E-state index in [0.717, 1.165) is 12.8 Å². The summed E-state index contributed by atoms with van der Waals surface area (Å²) >= 11 is 0. The molecular weight excluding hydrogens is 270 g/mol. The predicted molar refractivity (Wildman–Crippen MR) is 89.0 cm³/mol. The van der Waals surface area contributed by atoms with Crippen LogP contribution < -0.4 is 4.90 Å². The van der Waals surface area contributed by atoms with Gasteiger partial charge in [-0.25, -0.2) is 0 Å². The molecule has 1 aliphatic carbocycles. The zero-order valence-electron chi connectivity index (χ0n) is 12.9. The molecule has 0 N–H and O–H groups in total. The number of carbonyl (C=O) groups excluding carboxylic acids is 1. The number of carbonyl (C=O) groups is 1. The first-order chi connectivity index (χ1) is 10.7. The Balaban J connectivity index is 1.80. The smallest absolute Gasteiger partial charge is 0.140 e. The van der Waals surface area contributed by atoms with Gasteiger partial charge in [0.2, 0.25) is 0 Å². The molecule has 2 bridgehead atoms. The molecule has 2 heterocycles. The first-order valence-electron chi connectivity index (χ1n) is 8.17. The van der Waals surface area contributed by atoms with Crippen LogP contribution in [0.1, 0.15) is 36.4 Å². The first kappa shape index (κ1) is 13.6. The van der Waals surface area contributed by atoms with Gasteiger partial charge in [-0.1, -0.05) is 48.0 Å². The van der Waals surface area contributed by atoms with E-state index in [4.69, 9.17) is 0 Å². The minimum absolute atomic E-state index is 0.147. The highest BCUT2D eigenvalue weighted by Gasteiger charge is 2.47. The number of piperidine rings is 2. The van der Waals surface area contributed by atoms with Crippen molar-refractivity contribution in [2.24, 2.45) is 5.92 Å². The standard InChI is InChI=1S/C20H21NO/c1-14-7-9-16(10-8-14)21-17-11-12-18(19(22)13-17)20(21)15-5-3-2-4-6-15/h2-10,17-18,20H,11-13H2,1H3/t17-,18+,20-/m1/s1. The number of Topliss-reactive ketones (excluding diaryl/α,β-unsaturated/α-hetero) is 1. The molecule has 2 aromatic rings. The van der Waals surface area contributed by atoms with Gasteiger partial charge >= 0.3 is 0 Å². The van der Waals surface area contributed by atoms with Gasteiger partial charge in [0.25, 0.3) is 0 Å². The largest absolute Gasteiger partial charge is 0.360 e. The normalized spacial score (nSPS) is 27.2. The number of rotatable bonds is 2. The molecule has 2 aliphatic heterocycles. The van der Waals surface area contributed by atoms with Gasteiger partial charge in [-0.3, -0.25) is 4.79 Å². The van der Waals surface area contributed by atoms with Crippen molar-refractivity contribution in [2.75, 3.05) is 4.90 Å². The second-order valence-corrected chi connectivity index (χ2v) is 6.61. The molecule has 0 unspecified atom stereocenters. The van der Waals surface area contributed by atoms with Gasteiger partial charge < -0.3 is 4.90 Å². The number of anilines is 1. The minimum atomic E-state index is 0.147. The molecule has 1 saturated carbocycles. The average molecular weight is 291 g/mol. The predicted octanol–water partition coefficient (Wildman–Crippen LogP) is 4.29. The van der Waals surface area contributed by atoms with Crippen LogP contribution in [0.5, 0.6) is 0 Å². The Kier molecular flexibility index (Phi) is 3.25. The van der Waals surface area contributed by atoms with Crippen LogP contribution in [-0.4, -0.2) is 11.8 Å². The summed E-state index contributed by atoms with van der Waals surface area (Å²) in [5, 5.41) is 0. The molecule has 3 fully saturated rings. The van der Waals surface area contributed by atoms with E-state index in [-0.39, 0.29) is 12.0 Å². The van der Waals surface area contributed by atoms with Gasteiger partial charge in [0.15, 0.2) is 0 Å². The lowest BCUT2D eigenvalue weighted by atomic mass is 9.71. The highest BCUT2D eigenvalue weighted by Crippen LogP contribution is 2.47. The zero-order chi connectivity index (χ0) is 15.1. The Bertz CT molecular complexity index is 677. The van der Waals surface area contributed by atoms with Crippen LogP contribution >= 0.6 is 0 Å². The lowest BCUT2D eigenvalue weighted by Gasteiger charge is -2.52. The maximum Gasteiger partial charge on any atom is 0.140 e. The summed E-state index contributed by atoms with van der Waals surface area (Å²) in [4.78, 5) is 14.9. The summed E-state index contributed by atoms with van der Waals surface area (Å²) in [7, 11) is 0. The molecule has 2 nitrogen and oxygen atoms in total. The van der Waals surface area contributed by atoms with Crippen LogP contribution in [0, 0.1) is 12.8 Å². The number of aryl methyl sites for hydroxylation is 1. The Morgan fingerprint density at radius 2 is 1.68 bits per heavy atom. The first-order valence-corrected chi connectivity index (χ1v) is 8.17. The third kappa shape index (κ3) is 2.14. The third-order valence-electron chi connectivity index (χ3n) is 5.21. The molecule has 0 amide bonds. The number of benzene rings is 2. The van der Waals surface area contributed by atoms with Crippen molar-refractivity contribution in [1.82, 2.24) is 0 Å². The number of nitrogens with zero attached hydrogens (tertiary/aromatic N) is 1. The lowest BCUT2D eigenvalue weighted by molar-refractivity contribution is -0.128. The molecule has 2 saturated heterocycles. The lowest BCUT2D eigenvalue weighted by Crippen LogP contribution is -2.54. The fourth-order valence-electron chi connectivity index (χ4n) is 4.14. The molecule has 22 heavy (non-hydrogen) atoms. The molecule has 0 radical (unpaired) electrons. The average Bonchev–Trinajstić information content (AvgIpc) is 2.56. The fraction of sp³-hybridized carbons (Fsp3) is 0.350. The van der Waals surface area contributed by atoms with Crippen LogP contribution in [0.3, 0.4) is 0 Å². The van der Waals surface area contributed by atoms with Crippen molar-refractivity contribution < 1.29 is 4.79 Å². The van der Waals surface area contributed by atoms with Crippen LogP contribution in [0.2, 0.25) is 0 Å². The second-order valence-electron chi connectivity index (χ2n) is 6.61. The fourth-order valence-corrected chi connectivity index (χ4v) is 4.14. The summed E-state index contributed by atoms with van der Waals surface area (Å²) in [5.41, 5.74) is 3.80. The molecule has 3 atom stereocenters. The maximum atomic E-state index is 12.4. The second kappa shape index (κ2) is 5.28. The van der Waals surface area contributed by atoms with Gasteiger partial charge in [-0.05, 0) is 37.5 Å². The number of hydrogen-bond acceptors (Lipinski definition) is 2. The van der Waals surface area contributed by atoms with Gasteiger partial charge in [0, 0.05) is 24.1 Å². The van der Waals surface area contributed by atoms with Crippen LogP contribution in [-0.2, 0) is 4.79 Å². The Morgan fingerprint density at radius 3 is 2.36 bits per heavy atom. The van der Waals surface area contributed by atoms with Gasteiger partial charge in [-0.2, -0.15) is 0 Å². The van der Waals surface area contributed by atoms with E-state index < -0.39 is 0 Å². The van der Waals surface area contributed by atoms with Crippen molar-refractivity contribution in [1.29, 1.82) is 0 Å². The number of fused-ring (bicyclic) bond motifs is 3. The molecule has 3 aliphatic rings. The zero-order valence-corrected chi connectivity index (χ0v) is 12.9. The van der Waals surface area contributed by atoms with E-state index in [1.807, 2.05) is 6.07 Å². The van der Waals surface area contributed by atoms with E-state index >= 15 is 0 Å². The summed E-state index contributed by atoms with van der Waals surface area (Å²) in [5.74, 6) is 0.599. The molecule has 0 aromatic heterocycles. The van der Waals surface area contributed by atoms with Gasteiger partial charge in [0.1, 0.15) is 5.78 Å². The van der Waals surface area contributed by atoms with Gasteiger partial charge in [-0.15, -0.1) is 0 Å². The monoisotopic (exact) mass is 291 g/mol. The minimum Gasteiger partial charge on any atom is -0.360 e. The molecule has 112 valence electrons. The Labute approximate surface area is 131 Å². The summed E-state index contributed by atoms with van der Waals surface area (Å²) < 4.78 is 0. The molecule has 2 heteroatoms.